The van der Waals surface area contributed by atoms with Crippen LogP contribution < -0.4 is 14.8 Å². The molecular weight excluding hydrogens is 322 g/mol. The van der Waals surface area contributed by atoms with Gasteiger partial charge in [-0.25, -0.2) is 0 Å². The molecule has 0 aromatic heterocycles. The second kappa shape index (κ2) is 7.42. The number of thioether (sulfide) groups is 1. The smallest absolute Gasteiger partial charge is 0.256 e. The normalized spacial score (nSPS) is 10.2. The standard InChI is InChI=1S/C16H16ClNO3S/c1-20-13-8-11(17)12(9-14(13)21-2)18-16(19)10-6-4-5-7-15(10)22-3/h4-9H,1-3H3,(H,18,19). The Hall–Kier alpha value is -1.85. The summed E-state index contributed by atoms with van der Waals surface area (Å²) in [6.07, 6.45) is 1.93. The van der Waals surface area contributed by atoms with Gasteiger partial charge in [0.2, 0.25) is 0 Å². The quantitative estimate of drug-likeness (QED) is 0.825. The summed E-state index contributed by atoms with van der Waals surface area (Å²) in [7, 11) is 3.06. The van der Waals surface area contributed by atoms with Crippen LogP contribution in [0.2, 0.25) is 5.02 Å². The van der Waals surface area contributed by atoms with E-state index in [4.69, 9.17) is 21.1 Å². The van der Waals surface area contributed by atoms with Gasteiger partial charge in [0.1, 0.15) is 0 Å². The fourth-order valence-electron chi connectivity index (χ4n) is 1.97. The second-order valence-electron chi connectivity index (χ2n) is 4.34. The van der Waals surface area contributed by atoms with Crippen molar-refractivity contribution in [2.45, 2.75) is 4.90 Å². The molecule has 0 saturated carbocycles. The molecule has 0 aliphatic carbocycles. The molecule has 0 unspecified atom stereocenters. The first kappa shape index (κ1) is 16.5. The minimum Gasteiger partial charge on any atom is -0.493 e. The Bertz CT molecular complexity index is 691. The lowest BCUT2D eigenvalue weighted by molar-refractivity contribution is 0.102. The van der Waals surface area contributed by atoms with Crippen LogP contribution in [0.3, 0.4) is 0 Å². The fourth-order valence-corrected chi connectivity index (χ4v) is 2.77. The minimum atomic E-state index is -0.223. The molecule has 0 bridgehead atoms. The molecule has 0 fully saturated rings. The molecule has 4 nitrogen and oxygen atoms in total. The van der Waals surface area contributed by atoms with Crippen LogP contribution in [0.15, 0.2) is 41.3 Å². The average molecular weight is 338 g/mol. The molecule has 2 rings (SSSR count). The highest BCUT2D eigenvalue weighted by Gasteiger charge is 2.15. The molecule has 2 aromatic carbocycles. The molecule has 0 saturated heterocycles. The number of hydrogen-bond acceptors (Lipinski definition) is 4. The summed E-state index contributed by atoms with van der Waals surface area (Å²) in [5.41, 5.74) is 1.07. The van der Waals surface area contributed by atoms with Crippen molar-refractivity contribution in [1.82, 2.24) is 0 Å². The topological polar surface area (TPSA) is 47.6 Å². The predicted octanol–water partition coefficient (Wildman–Crippen LogP) is 4.33. The van der Waals surface area contributed by atoms with Gasteiger partial charge in [-0.1, -0.05) is 23.7 Å². The van der Waals surface area contributed by atoms with Gasteiger partial charge in [0.05, 0.1) is 30.5 Å². The van der Waals surface area contributed by atoms with Crippen LogP contribution in [-0.2, 0) is 0 Å². The van der Waals surface area contributed by atoms with Crippen molar-refractivity contribution < 1.29 is 14.3 Å². The first-order valence-corrected chi connectivity index (χ1v) is 8.06. The van der Waals surface area contributed by atoms with E-state index in [9.17, 15) is 4.79 Å². The third-order valence-corrected chi connectivity index (χ3v) is 4.18. The maximum atomic E-state index is 12.4. The van der Waals surface area contributed by atoms with Crippen LogP contribution >= 0.6 is 23.4 Å². The molecule has 0 aliphatic rings. The first-order valence-electron chi connectivity index (χ1n) is 6.46. The highest BCUT2D eigenvalue weighted by molar-refractivity contribution is 7.98. The van der Waals surface area contributed by atoms with Crippen molar-refractivity contribution in [3.63, 3.8) is 0 Å². The Morgan fingerprint density at radius 1 is 1.14 bits per heavy atom. The van der Waals surface area contributed by atoms with E-state index in [1.807, 2.05) is 24.5 Å². The number of ether oxygens (including phenoxy) is 2. The van der Waals surface area contributed by atoms with E-state index in [-0.39, 0.29) is 5.91 Å². The van der Waals surface area contributed by atoms with E-state index < -0.39 is 0 Å². The van der Waals surface area contributed by atoms with Gasteiger partial charge in [0.25, 0.3) is 5.91 Å². The second-order valence-corrected chi connectivity index (χ2v) is 5.60. The molecular formula is C16H16ClNO3S. The molecule has 2 aromatic rings. The zero-order valence-electron chi connectivity index (χ0n) is 12.5. The van der Waals surface area contributed by atoms with Crippen molar-refractivity contribution in [1.29, 1.82) is 0 Å². The lowest BCUT2D eigenvalue weighted by Gasteiger charge is -2.13. The average Bonchev–Trinajstić information content (AvgIpc) is 2.56. The third kappa shape index (κ3) is 3.48. The number of hydrogen-bond donors (Lipinski definition) is 1. The predicted molar refractivity (Wildman–Crippen MR) is 90.7 cm³/mol. The molecule has 1 amide bonds. The molecule has 6 heteroatoms. The zero-order valence-corrected chi connectivity index (χ0v) is 14.0. The molecule has 0 radical (unpaired) electrons. The number of carbonyl (C=O) groups excluding carboxylic acids is 1. The van der Waals surface area contributed by atoms with Gasteiger partial charge in [-0.05, 0) is 18.4 Å². The summed E-state index contributed by atoms with van der Waals surface area (Å²) in [6, 6.07) is 10.6. The first-order chi connectivity index (χ1) is 10.6. The number of halogens is 1. The van der Waals surface area contributed by atoms with Gasteiger partial charge in [0, 0.05) is 17.0 Å². The number of carbonyl (C=O) groups is 1. The van der Waals surface area contributed by atoms with Crippen molar-refractivity contribution in [3.8, 4) is 11.5 Å². The van der Waals surface area contributed by atoms with Gasteiger partial charge in [0.15, 0.2) is 11.5 Å². The lowest BCUT2D eigenvalue weighted by Crippen LogP contribution is -2.13. The van der Waals surface area contributed by atoms with Gasteiger partial charge < -0.3 is 14.8 Å². The number of amides is 1. The minimum absolute atomic E-state index is 0.223. The van der Waals surface area contributed by atoms with Crippen molar-refractivity contribution >= 4 is 35.0 Å². The van der Waals surface area contributed by atoms with Crippen LogP contribution in [0.25, 0.3) is 0 Å². The van der Waals surface area contributed by atoms with Gasteiger partial charge in [-0.3, -0.25) is 4.79 Å². The van der Waals surface area contributed by atoms with E-state index in [2.05, 4.69) is 5.32 Å². The van der Waals surface area contributed by atoms with Gasteiger partial charge in [-0.15, -0.1) is 11.8 Å². The Labute approximate surface area is 138 Å². The van der Waals surface area contributed by atoms with E-state index >= 15 is 0 Å². The fraction of sp³-hybridized carbons (Fsp3) is 0.188. The highest BCUT2D eigenvalue weighted by atomic mass is 35.5. The highest BCUT2D eigenvalue weighted by Crippen LogP contribution is 2.36. The molecule has 0 aliphatic heterocycles. The van der Waals surface area contributed by atoms with Crippen LogP contribution in [0, 0.1) is 0 Å². The van der Waals surface area contributed by atoms with E-state index in [0.29, 0.717) is 27.8 Å². The number of nitrogens with one attached hydrogen (secondary N) is 1. The van der Waals surface area contributed by atoms with Crippen LogP contribution in [0.1, 0.15) is 10.4 Å². The number of anilines is 1. The summed E-state index contributed by atoms with van der Waals surface area (Å²) in [5, 5.41) is 3.19. The number of benzene rings is 2. The zero-order chi connectivity index (χ0) is 16.1. The van der Waals surface area contributed by atoms with Gasteiger partial charge >= 0.3 is 0 Å². The Morgan fingerprint density at radius 2 is 1.77 bits per heavy atom. The van der Waals surface area contributed by atoms with Crippen molar-refractivity contribution in [2.24, 2.45) is 0 Å². The number of rotatable bonds is 5. The van der Waals surface area contributed by atoms with E-state index in [1.165, 1.54) is 26.0 Å². The monoisotopic (exact) mass is 337 g/mol. The SMILES string of the molecule is COc1cc(Cl)c(NC(=O)c2ccccc2SC)cc1OC. The van der Waals surface area contributed by atoms with E-state index in [1.54, 1.807) is 18.2 Å². The molecule has 116 valence electrons. The third-order valence-electron chi connectivity index (χ3n) is 3.07. The van der Waals surface area contributed by atoms with Crippen LogP contribution in [0.4, 0.5) is 5.69 Å². The maximum absolute atomic E-state index is 12.4. The van der Waals surface area contributed by atoms with Gasteiger partial charge in [-0.2, -0.15) is 0 Å². The summed E-state index contributed by atoms with van der Waals surface area (Å²) in [5.74, 6) is 0.787. The summed E-state index contributed by atoms with van der Waals surface area (Å²) >= 11 is 7.70. The molecule has 0 heterocycles. The summed E-state index contributed by atoms with van der Waals surface area (Å²) < 4.78 is 10.4. The van der Waals surface area contributed by atoms with E-state index in [0.717, 1.165) is 4.90 Å². The lowest BCUT2D eigenvalue weighted by atomic mass is 10.2. The largest absolute Gasteiger partial charge is 0.493 e. The molecule has 0 atom stereocenters. The Morgan fingerprint density at radius 3 is 2.41 bits per heavy atom. The number of methoxy groups -OCH3 is 2. The summed E-state index contributed by atoms with van der Waals surface area (Å²) in [6.45, 7) is 0. The maximum Gasteiger partial charge on any atom is 0.256 e. The molecule has 22 heavy (non-hydrogen) atoms. The Balaban J connectivity index is 2.32. The van der Waals surface area contributed by atoms with Crippen molar-refractivity contribution in [3.05, 3.63) is 47.0 Å². The summed E-state index contributed by atoms with van der Waals surface area (Å²) in [4.78, 5) is 13.3. The molecule has 1 N–H and O–H groups in total. The Kier molecular flexibility index (Phi) is 5.57. The van der Waals surface area contributed by atoms with Crippen molar-refractivity contribution in [2.75, 3.05) is 25.8 Å². The molecule has 0 spiro atoms. The van der Waals surface area contributed by atoms with Crippen LogP contribution in [-0.4, -0.2) is 26.4 Å². The van der Waals surface area contributed by atoms with Crippen LogP contribution in [0.5, 0.6) is 11.5 Å².